The van der Waals surface area contributed by atoms with Crippen LogP contribution in [-0.4, -0.2) is 4.32 Å². The Morgan fingerprint density at radius 2 is 1.83 bits per heavy atom. The van der Waals surface area contributed by atoms with Gasteiger partial charge in [-0.1, -0.05) is 12.2 Å². The molecule has 0 aliphatic carbocycles. The van der Waals surface area contributed by atoms with E-state index in [-0.39, 0.29) is 4.32 Å². The van der Waals surface area contributed by atoms with Gasteiger partial charge in [0.05, 0.1) is 0 Å². The number of nitrogens with two attached hydrogens (primary N) is 1. The van der Waals surface area contributed by atoms with Crippen molar-refractivity contribution in [1.29, 1.82) is 5.26 Å². The molecule has 0 rings (SSSR count). The fraction of sp³-hybridized carbons (Fsp3) is 0. The Morgan fingerprint density at radius 3 is 1.83 bits per heavy atom. The molecule has 2 nitrogen and oxygen atoms in total. The summed E-state index contributed by atoms with van der Waals surface area (Å²) >= 11 is 7.65. The van der Waals surface area contributed by atoms with E-state index < -0.39 is 0 Å². The van der Waals surface area contributed by atoms with Crippen LogP contribution in [-0.2, 0) is 0 Å². The standard InChI is InChI=1S/CH3NS2.CHN/c2-1(3)4;1-2/h(H3,2,3,4);1H. The van der Waals surface area contributed by atoms with Crippen LogP contribution in [0.5, 0.6) is 0 Å². The molecule has 0 radical (unpaired) electrons. The second kappa shape index (κ2) is 8.83. The number of thiol groups is 1. The smallest absolute Gasteiger partial charge is 0.128 e. The van der Waals surface area contributed by atoms with Crippen LogP contribution in [0.1, 0.15) is 0 Å². The van der Waals surface area contributed by atoms with Gasteiger partial charge in [-0.15, -0.1) is 12.6 Å². The predicted molar refractivity (Wildman–Crippen MR) is 32.4 cm³/mol. The summed E-state index contributed by atoms with van der Waals surface area (Å²) in [5, 5.41) is 6.50. The Hall–Kier alpha value is -0.270. The highest BCUT2D eigenvalue weighted by atomic mass is 32.1. The number of rotatable bonds is 0. The molecule has 4 heteroatoms. The predicted octanol–water partition coefficient (Wildman–Crippen LogP) is 0.300. The summed E-state index contributed by atoms with van der Waals surface area (Å²) in [7, 11) is 0. The molecule has 0 heterocycles. The maximum absolute atomic E-state index is 6.50. The van der Waals surface area contributed by atoms with Crippen LogP contribution in [0, 0.1) is 11.8 Å². The minimum atomic E-state index is 0.194. The third-order valence-corrected chi connectivity index (χ3v) is 0. The average molecular weight is 120 g/mol. The van der Waals surface area contributed by atoms with Crippen LogP contribution >= 0.6 is 24.8 Å². The molecule has 0 unspecified atom stereocenters. The molecule has 6 heavy (non-hydrogen) atoms. The van der Waals surface area contributed by atoms with Crippen molar-refractivity contribution in [1.82, 2.24) is 0 Å². The van der Waals surface area contributed by atoms with Crippen molar-refractivity contribution < 1.29 is 0 Å². The second-order valence-corrected chi connectivity index (χ2v) is 1.56. The first-order valence-electron chi connectivity index (χ1n) is 0.975. The quantitative estimate of drug-likeness (QED) is 0.357. The van der Waals surface area contributed by atoms with Gasteiger partial charge >= 0.3 is 0 Å². The first kappa shape index (κ1) is 9.21. The molecular formula is C2H4N2S2. The molecule has 0 amide bonds. The largest absolute Gasteiger partial charge is 0.385 e. The zero-order valence-corrected chi connectivity index (χ0v) is 4.67. The van der Waals surface area contributed by atoms with Crippen molar-refractivity contribution in [3.05, 3.63) is 0 Å². The molecule has 0 saturated carbocycles. The zero-order valence-electron chi connectivity index (χ0n) is 2.96. The van der Waals surface area contributed by atoms with Crippen LogP contribution in [0.3, 0.4) is 0 Å². The van der Waals surface area contributed by atoms with E-state index >= 15 is 0 Å². The van der Waals surface area contributed by atoms with Gasteiger partial charge in [-0.3, -0.25) is 0 Å². The van der Waals surface area contributed by atoms with Gasteiger partial charge < -0.3 is 5.73 Å². The molecule has 0 spiro atoms. The van der Waals surface area contributed by atoms with Crippen LogP contribution in [0.2, 0.25) is 0 Å². The first-order chi connectivity index (χ1) is 2.73. The molecule has 0 saturated heterocycles. The summed E-state index contributed by atoms with van der Waals surface area (Å²) in [4.78, 5) is 0. The van der Waals surface area contributed by atoms with Gasteiger partial charge in [0.15, 0.2) is 0 Å². The minimum Gasteiger partial charge on any atom is -0.385 e. The number of nitrogens with zero attached hydrogens (tertiary/aromatic N) is 1. The van der Waals surface area contributed by atoms with E-state index in [9.17, 15) is 0 Å². The summed E-state index contributed by atoms with van der Waals surface area (Å²) in [5.74, 6) is 0. The second-order valence-electron chi connectivity index (χ2n) is 0.338. The third-order valence-electron chi connectivity index (χ3n) is 0. The van der Waals surface area contributed by atoms with E-state index in [0.29, 0.717) is 0 Å². The Bertz CT molecular complexity index is 53.8. The van der Waals surface area contributed by atoms with E-state index in [1.165, 1.54) is 0 Å². The molecule has 0 aromatic carbocycles. The molecule has 0 aromatic heterocycles. The lowest BCUT2D eigenvalue weighted by Gasteiger charge is -1.64. The Kier molecular flexibility index (Phi) is 13.6. The van der Waals surface area contributed by atoms with Crippen molar-refractivity contribution in [2.24, 2.45) is 5.73 Å². The molecule has 34 valence electrons. The van der Waals surface area contributed by atoms with Gasteiger partial charge in [0.25, 0.3) is 0 Å². The van der Waals surface area contributed by atoms with Crippen LogP contribution < -0.4 is 5.73 Å². The number of hydrogen-bond donors (Lipinski definition) is 2. The van der Waals surface area contributed by atoms with Crippen molar-refractivity contribution in [2.45, 2.75) is 0 Å². The van der Waals surface area contributed by atoms with Crippen molar-refractivity contribution in [3.8, 4) is 6.57 Å². The summed E-state index contributed by atoms with van der Waals surface area (Å²) in [6.45, 7) is 3.50. The average Bonchev–Trinajstić information content (AvgIpc) is 1.41. The Morgan fingerprint density at radius 1 is 1.83 bits per heavy atom. The van der Waals surface area contributed by atoms with E-state index in [0.717, 1.165) is 0 Å². The lowest BCUT2D eigenvalue weighted by atomic mass is 11.5. The molecular weight excluding hydrogens is 116 g/mol. The number of hydrogen-bond acceptors (Lipinski definition) is 2. The van der Waals surface area contributed by atoms with Crippen molar-refractivity contribution in [3.63, 3.8) is 0 Å². The monoisotopic (exact) mass is 120 g/mol. The van der Waals surface area contributed by atoms with Crippen LogP contribution in [0.25, 0.3) is 0 Å². The molecule has 0 aromatic rings. The van der Waals surface area contributed by atoms with Crippen LogP contribution in [0.15, 0.2) is 0 Å². The lowest BCUT2D eigenvalue weighted by Crippen LogP contribution is -1.94. The summed E-state index contributed by atoms with van der Waals surface area (Å²) in [6.07, 6.45) is 0. The number of thiocarbonyl (C=S) groups is 1. The highest BCUT2D eigenvalue weighted by Gasteiger charge is 1.55. The van der Waals surface area contributed by atoms with Gasteiger partial charge in [0.1, 0.15) is 4.32 Å². The molecule has 2 N–H and O–H groups in total. The lowest BCUT2D eigenvalue weighted by molar-refractivity contribution is 1.58. The summed E-state index contributed by atoms with van der Waals surface area (Å²) < 4.78 is 0.194. The fourth-order valence-electron chi connectivity index (χ4n) is 0. The van der Waals surface area contributed by atoms with Crippen molar-refractivity contribution in [2.75, 3.05) is 0 Å². The third kappa shape index (κ3) is 381. The van der Waals surface area contributed by atoms with Gasteiger partial charge in [-0.2, -0.15) is 0 Å². The maximum atomic E-state index is 6.50. The molecule has 0 bridgehead atoms. The Labute approximate surface area is 47.4 Å². The van der Waals surface area contributed by atoms with Gasteiger partial charge in [0, 0.05) is 6.57 Å². The summed E-state index contributed by atoms with van der Waals surface area (Å²) in [6, 6.07) is 0. The minimum absolute atomic E-state index is 0.194. The molecule has 0 aliphatic rings. The van der Waals surface area contributed by atoms with Gasteiger partial charge in [-0.05, 0) is 0 Å². The van der Waals surface area contributed by atoms with Crippen LogP contribution in [0.4, 0.5) is 0 Å². The first-order valence-corrected chi connectivity index (χ1v) is 1.83. The Balaban J connectivity index is 0. The van der Waals surface area contributed by atoms with E-state index in [4.69, 9.17) is 11.0 Å². The van der Waals surface area contributed by atoms with E-state index in [1.807, 2.05) is 0 Å². The SMILES string of the molecule is C#N.NC(=S)S. The normalized spacial score (nSPS) is 4.50. The topological polar surface area (TPSA) is 49.8 Å². The summed E-state index contributed by atoms with van der Waals surface area (Å²) in [5.41, 5.74) is 4.71. The zero-order chi connectivity index (χ0) is 5.58. The van der Waals surface area contributed by atoms with E-state index in [2.05, 4.69) is 31.4 Å². The highest BCUT2D eigenvalue weighted by molar-refractivity contribution is 8.10. The number of nitriles is 1. The van der Waals surface area contributed by atoms with Gasteiger partial charge in [0.2, 0.25) is 0 Å². The maximum Gasteiger partial charge on any atom is 0.128 e. The molecule has 0 fully saturated rings. The van der Waals surface area contributed by atoms with Crippen molar-refractivity contribution >= 4 is 29.2 Å². The highest BCUT2D eigenvalue weighted by Crippen LogP contribution is 1.63. The van der Waals surface area contributed by atoms with Gasteiger partial charge in [-0.25, -0.2) is 5.26 Å². The van der Waals surface area contributed by atoms with E-state index in [1.54, 1.807) is 0 Å². The molecule has 0 aliphatic heterocycles. The fourth-order valence-corrected chi connectivity index (χ4v) is 0. The molecule has 0 atom stereocenters.